The maximum atomic E-state index is 13.4. The van der Waals surface area contributed by atoms with Crippen molar-refractivity contribution in [3.63, 3.8) is 0 Å². The fourth-order valence-corrected chi connectivity index (χ4v) is 3.51. The van der Waals surface area contributed by atoms with Gasteiger partial charge in [-0.25, -0.2) is 4.39 Å². The highest BCUT2D eigenvalue weighted by Gasteiger charge is 2.21. The largest absolute Gasteiger partial charge is 0.337 e. The molecule has 5 rings (SSSR count). The second-order valence-electron chi connectivity index (χ2n) is 7.20. The first-order chi connectivity index (χ1) is 15.7. The van der Waals surface area contributed by atoms with E-state index < -0.39 is 0 Å². The second kappa shape index (κ2) is 8.39. The molecule has 0 spiro atoms. The Kier molecular flexibility index (Phi) is 5.13. The van der Waals surface area contributed by atoms with Crippen LogP contribution < -0.4 is 5.32 Å². The Labute approximate surface area is 182 Å². The third-order valence-corrected chi connectivity index (χ3v) is 5.03. The summed E-state index contributed by atoms with van der Waals surface area (Å²) in [5, 5.41) is 7.96. The van der Waals surface area contributed by atoms with Crippen LogP contribution in [0.15, 0.2) is 89.7 Å². The number of hydrogen-bond donors (Lipinski definition) is 1. The lowest BCUT2D eigenvalue weighted by atomic mass is 10.0. The van der Waals surface area contributed by atoms with Crippen LogP contribution in [0, 0.1) is 5.82 Å². The van der Waals surface area contributed by atoms with E-state index in [0.717, 1.165) is 16.5 Å². The fourth-order valence-electron chi connectivity index (χ4n) is 3.51. The molecule has 0 aliphatic rings. The molecule has 5 aromatic rings. The summed E-state index contributed by atoms with van der Waals surface area (Å²) in [7, 11) is 0. The zero-order valence-corrected chi connectivity index (χ0v) is 16.8. The van der Waals surface area contributed by atoms with Gasteiger partial charge in [0.25, 0.3) is 0 Å². The van der Waals surface area contributed by atoms with Crippen LogP contribution in [0.5, 0.6) is 0 Å². The average Bonchev–Trinajstić information content (AvgIpc) is 3.23. The van der Waals surface area contributed by atoms with E-state index in [2.05, 4.69) is 20.4 Å². The van der Waals surface area contributed by atoms with Gasteiger partial charge in [-0.2, -0.15) is 0 Å². The van der Waals surface area contributed by atoms with Crippen LogP contribution in [0.3, 0.4) is 0 Å². The number of nitrogens with one attached hydrogen (secondary N) is 1. The summed E-state index contributed by atoms with van der Waals surface area (Å²) < 4.78 is 18.9. The van der Waals surface area contributed by atoms with E-state index in [1.54, 1.807) is 36.7 Å². The zero-order chi connectivity index (χ0) is 21.9. The van der Waals surface area contributed by atoms with Crippen molar-refractivity contribution >= 4 is 22.7 Å². The Morgan fingerprint density at radius 1 is 0.906 bits per heavy atom. The van der Waals surface area contributed by atoms with Gasteiger partial charge in [0.15, 0.2) is 0 Å². The molecule has 0 atom stereocenters. The minimum Gasteiger partial charge on any atom is -0.337 e. The summed E-state index contributed by atoms with van der Waals surface area (Å²) >= 11 is 0. The number of halogens is 1. The zero-order valence-electron chi connectivity index (χ0n) is 16.8. The number of carbonyl (C=O) groups excluding carboxylic acids is 1. The molecule has 0 saturated carbocycles. The minimum absolute atomic E-state index is 0.0766. The predicted octanol–water partition coefficient (Wildman–Crippen LogP) is 5.27. The first kappa shape index (κ1) is 19.6. The molecule has 1 N–H and O–H groups in total. The third-order valence-electron chi connectivity index (χ3n) is 5.03. The van der Waals surface area contributed by atoms with Crippen molar-refractivity contribution in [2.75, 3.05) is 5.32 Å². The van der Waals surface area contributed by atoms with Crippen molar-refractivity contribution in [1.82, 2.24) is 15.1 Å². The van der Waals surface area contributed by atoms with E-state index in [-0.39, 0.29) is 24.0 Å². The Morgan fingerprint density at radius 2 is 1.69 bits per heavy atom. The second-order valence-corrected chi connectivity index (χ2v) is 7.20. The maximum absolute atomic E-state index is 13.4. The number of pyridine rings is 2. The van der Waals surface area contributed by atoms with Crippen molar-refractivity contribution < 1.29 is 13.7 Å². The summed E-state index contributed by atoms with van der Waals surface area (Å²) in [6.07, 6.45) is 3.36. The van der Waals surface area contributed by atoms with E-state index in [4.69, 9.17) is 4.52 Å². The lowest BCUT2D eigenvalue weighted by Gasteiger charge is -2.07. The first-order valence-corrected chi connectivity index (χ1v) is 9.98. The normalized spacial score (nSPS) is 10.9. The molecule has 0 unspecified atom stereocenters. The first-order valence-electron chi connectivity index (χ1n) is 9.98. The van der Waals surface area contributed by atoms with E-state index in [1.165, 1.54) is 12.1 Å². The number of aromatic nitrogens is 3. The van der Waals surface area contributed by atoms with Crippen molar-refractivity contribution in [3.8, 4) is 22.4 Å². The highest BCUT2D eigenvalue weighted by molar-refractivity contribution is 5.98. The number of carbonyl (C=O) groups is 1. The molecule has 0 aliphatic heterocycles. The predicted molar refractivity (Wildman–Crippen MR) is 119 cm³/mol. The monoisotopic (exact) mass is 424 g/mol. The Hall–Kier alpha value is -4.39. The summed E-state index contributed by atoms with van der Waals surface area (Å²) in [5.74, 6) is -0.426. The van der Waals surface area contributed by atoms with E-state index >= 15 is 0 Å². The van der Waals surface area contributed by atoms with Gasteiger partial charge < -0.3 is 4.52 Å². The van der Waals surface area contributed by atoms with Gasteiger partial charge in [-0.3, -0.25) is 20.1 Å². The third kappa shape index (κ3) is 3.96. The van der Waals surface area contributed by atoms with Crippen LogP contribution in [0.25, 0.3) is 33.3 Å². The molecule has 2 aromatic carbocycles. The number of rotatable bonds is 5. The average molecular weight is 424 g/mol. The summed E-state index contributed by atoms with van der Waals surface area (Å²) in [4.78, 5) is 21.4. The molecule has 6 nitrogen and oxygen atoms in total. The van der Waals surface area contributed by atoms with Crippen molar-refractivity contribution in [2.45, 2.75) is 6.42 Å². The smallest absolute Gasteiger partial charge is 0.239 e. The molecule has 156 valence electrons. The maximum Gasteiger partial charge on any atom is 0.239 e. The number of fused-ring (bicyclic) bond motifs is 1. The van der Waals surface area contributed by atoms with Gasteiger partial charge in [0.2, 0.25) is 11.8 Å². The lowest BCUT2D eigenvalue weighted by Crippen LogP contribution is -2.15. The molecule has 0 aliphatic carbocycles. The van der Waals surface area contributed by atoms with Gasteiger partial charge in [-0.15, -0.1) is 0 Å². The molecule has 0 radical (unpaired) electrons. The molecule has 0 fully saturated rings. The Morgan fingerprint density at radius 3 is 2.50 bits per heavy atom. The fraction of sp³-hybridized carbons (Fsp3) is 0.0400. The van der Waals surface area contributed by atoms with Gasteiger partial charge in [0, 0.05) is 23.3 Å². The van der Waals surface area contributed by atoms with Crippen LogP contribution >= 0.6 is 0 Å². The van der Waals surface area contributed by atoms with Gasteiger partial charge >= 0.3 is 0 Å². The number of nitrogens with zero attached hydrogens (tertiary/aromatic N) is 3. The minimum atomic E-state index is -0.348. The van der Waals surface area contributed by atoms with Crippen LogP contribution in [0.2, 0.25) is 0 Å². The number of anilines is 1. The highest BCUT2D eigenvalue weighted by atomic mass is 19.1. The number of hydrogen-bond acceptors (Lipinski definition) is 5. The topological polar surface area (TPSA) is 80.9 Å². The van der Waals surface area contributed by atoms with E-state index in [1.807, 2.05) is 36.4 Å². The summed E-state index contributed by atoms with van der Waals surface area (Å²) in [5.41, 5.74) is 3.99. The molecular weight excluding hydrogens is 407 g/mol. The molecule has 0 bridgehead atoms. The molecule has 0 saturated heterocycles. The molecular formula is C25H17FN4O2. The highest BCUT2D eigenvalue weighted by Crippen LogP contribution is 2.37. The SMILES string of the molecule is O=C(Cc1ccc2ccccc2n1)Nc1onc(-c2ccc(F)cc2)c1-c1ccncc1. The number of para-hydroxylation sites is 1. The number of amides is 1. The van der Waals surface area contributed by atoms with Crippen LogP contribution in [-0.2, 0) is 11.2 Å². The molecule has 7 heteroatoms. The van der Waals surface area contributed by atoms with E-state index in [0.29, 0.717) is 22.5 Å². The Bertz CT molecular complexity index is 1400. The molecule has 32 heavy (non-hydrogen) atoms. The Balaban J connectivity index is 1.46. The molecule has 1 amide bonds. The van der Waals surface area contributed by atoms with Gasteiger partial charge in [-0.1, -0.05) is 29.4 Å². The van der Waals surface area contributed by atoms with Crippen LogP contribution in [-0.4, -0.2) is 21.0 Å². The van der Waals surface area contributed by atoms with Crippen LogP contribution in [0.1, 0.15) is 5.69 Å². The van der Waals surface area contributed by atoms with Gasteiger partial charge in [0.05, 0.1) is 23.2 Å². The van der Waals surface area contributed by atoms with Crippen molar-refractivity contribution in [3.05, 3.63) is 96.7 Å². The van der Waals surface area contributed by atoms with Gasteiger partial charge in [0.1, 0.15) is 11.5 Å². The van der Waals surface area contributed by atoms with Crippen LogP contribution in [0.4, 0.5) is 10.3 Å². The molecule has 3 heterocycles. The van der Waals surface area contributed by atoms with E-state index in [9.17, 15) is 9.18 Å². The lowest BCUT2D eigenvalue weighted by molar-refractivity contribution is -0.115. The summed E-state index contributed by atoms with van der Waals surface area (Å²) in [6, 6.07) is 21.0. The number of benzene rings is 2. The van der Waals surface area contributed by atoms with Gasteiger partial charge in [-0.05, 0) is 54.1 Å². The quantitative estimate of drug-likeness (QED) is 0.416. The molecule has 3 aromatic heterocycles. The van der Waals surface area contributed by atoms with Crippen molar-refractivity contribution in [2.24, 2.45) is 0 Å². The standard InChI is InChI=1S/C25H17FN4O2/c26-19-8-5-18(6-9-19)24-23(17-11-13-27-14-12-17)25(32-30-24)29-22(31)15-20-10-7-16-3-1-2-4-21(16)28-20/h1-14H,15H2,(H,29,31). The summed E-state index contributed by atoms with van der Waals surface area (Å²) in [6.45, 7) is 0. The van der Waals surface area contributed by atoms with Crippen molar-refractivity contribution in [1.29, 1.82) is 0 Å².